The van der Waals surface area contributed by atoms with Gasteiger partial charge >= 0.3 is 18.0 Å². The van der Waals surface area contributed by atoms with Crippen LogP contribution < -0.4 is 0 Å². The molecule has 0 bridgehead atoms. The number of esters is 2. The molecule has 0 aliphatic carbocycles. The summed E-state index contributed by atoms with van der Waals surface area (Å²) >= 11 is 0. The van der Waals surface area contributed by atoms with E-state index in [4.69, 9.17) is 14.2 Å². The molecule has 1 aromatic rings. The molecule has 7 nitrogen and oxygen atoms in total. The van der Waals surface area contributed by atoms with Gasteiger partial charge < -0.3 is 14.2 Å². The van der Waals surface area contributed by atoms with Gasteiger partial charge in [-0.05, 0) is 32.8 Å². The molecule has 0 saturated heterocycles. The van der Waals surface area contributed by atoms with Crippen LogP contribution in [-0.2, 0) is 30.4 Å². The van der Waals surface area contributed by atoms with Crippen molar-refractivity contribution in [1.29, 1.82) is 0 Å². The normalized spacial score (nSPS) is 12.0. The molecule has 1 aromatic carbocycles. The van der Waals surface area contributed by atoms with E-state index in [9.17, 15) is 14.4 Å². The maximum absolute atomic E-state index is 12.2. The summed E-state index contributed by atoms with van der Waals surface area (Å²) in [6.07, 6.45) is -0.611. The minimum atomic E-state index is -0.934. The predicted molar refractivity (Wildman–Crippen MR) is 95.3 cm³/mol. The van der Waals surface area contributed by atoms with E-state index in [2.05, 4.69) is 0 Å². The lowest BCUT2D eigenvalue weighted by Gasteiger charge is -2.26. The highest BCUT2D eigenvalue weighted by atomic mass is 16.6. The second-order valence-corrected chi connectivity index (χ2v) is 6.82. The third-order valence-electron chi connectivity index (χ3n) is 3.48. The number of hydrogen-bond acceptors (Lipinski definition) is 6. The Morgan fingerprint density at radius 2 is 1.73 bits per heavy atom. The second kappa shape index (κ2) is 9.79. The van der Waals surface area contributed by atoms with E-state index in [0.29, 0.717) is 0 Å². The minimum absolute atomic E-state index is 0.0205. The Morgan fingerprint density at radius 1 is 1.12 bits per heavy atom. The van der Waals surface area contributed by atoms with Gasteiger partial charge in [-0.1, -0.05) is 30.3 Å². The van der Waals surface area contributed by atoms with Crippen molar-refractivity contribution in [2.24, 2.45) is 0 Å². The van der Waals surface area contributed by atoms with Crippen molar-refractivity contribution in [1.82, 2.24) is 4.90 Å². The van der Waals surface area contributed by atoms with Crippen molar-refractivity contribution < 1.29 is 28.6 Å². The summed E-state index contributed by atoms with van der Waals surface area (Å²) < 4.78 is 15.2. The molecule has 0 spiro atoms. The van der Waals surface area contributed by atoms with Gasteiger partial charge in [0.05, 0.1) is 7.11 Å². The molecule has 0 aliphatic rings. The molecule has 7 heteroatoms. The van der Waals surface area contributed by atoms with Crippen LogP contribution in [0.2, 0.25) is 0 Å². The Kier molecular flexibility index (Phi) is 8.09. The number of hydrogen-bond donors (Lipinski definition) is 0. The van der Waals surface area contributed by atoms with Crippen molar-refractivity contribution in [3.63, 3.8) is 0 Å². The monoisotopic (exact) mass is 365 g/mol. The van der Waals surface area contributed by atoms with E-state index in [0.717, 1.165) is 10.5 Å². The first-order valence-corrected chi connectivity index (χ1v) is 8.37. The van der Waals surface area contributed by atoms with E-state index in [1.807, 2.05) is 30.3 Å². The van der Waals surface area contributed by atoms with Gasteiger partial charge in [0, 0.05) is 13.5 Å². The van der Waals surface area contributed by atoms with Crippen LogP contribution in [0.4, 0.5) is 4.79 Å². The fourth-order valence-electron chi connectivity index (χ4n) is 2.20. The molecule has 0 heterocycles. The van der Waals surface area contributed by atoms with E-state index in [1.54, 1.807) is 20.8 Å². The first-order chi connectivity index (χ1) is 12.1. The van der Waals surface area contributed by atoms with Gasteiger partial charge in [0.15, 0.2) is 0 Å². The van der Waals surface area contributed by atoms with E-state index in [-0.39, 0.29) is 19.4 Å². The lowest BCUT2D eigenvalue weighted by atomic mass is 10.1. The van der Waals surface area contributed by atoms with Crippen LogP contribution in [-0.4, -0.2) is 48.7 Å². The molecule has 1 amide bonds. The van der Waals surface area contributed by atoms with Crippen molar-refractivity contribution in [3.05, 3.63) is 35.9 Å². The van der Waals surface area contributed by atoms with Crippen molar-refractivity contribution >= 4 is 18.0 Å². The molecular weight excluding hydrogens is 338 g/mol. The number of carbonyl (C=O) groups is 3. The number of methoxy groups -OCH3 is 1. The summed E-state index contributed by atoms with van der Waals surface area (Å²) in [7, 11) is 2.66. The molecule has 1 atom stereocenters. The molecule has 1 unspecified atom stereocenters. The van der Waals surface area contributed by atoms with Crippen LogP contribution >= 0.6 is 0 Å². The zero-order valence-electron chi connectivity index (χ0n) is 16.0. The van der Waals surface area contributed by atoms with E-state index in [1.165, 1.54) is 14.2 Å². The largest absolute Gasteiger partial charge is 0.467 e. The first kappa shape index (κ1) is 21.5. The lowest BCUT2D eigenvalue weighted by Crippen LogP contribution is -2.43. The van der Waals surface area contributed by atoms with Crippen LogP contribution in [0.25, 0.3) is 0 Å². The van der Waals surface area contributed by atoms with Crippen LogP contribution in [0.3, 0.4) is 0 Å². The molecule has 1 rings (SSSR count). The highest BCUT2D eigenvalue weighted by molar-refractivity contribution is 5.82. The average molecular weight is 365 g/mol. The molecule has 0 fully saturated rings. The highest BCUT2D eigenvalue weighted by Crippen LogP contribution is 2.14. The summed E-state index contributed by atoms with van der Waals surface area (Å²) in [5.41, 5.74) is 0.218. The van der Waals surface area contributed by atoms with Crippen molar-refractivity contribution in [2.75, 3.05) is 14.2 Å². The topological polar surface area (TPSA) is 82.1 Å². The number of benzene rings is 1. The number of amides is 1. The SMILES string of the molecule is COC(=O)C(CCC(=O)OC(C)(C)C)N(C)C(=O)OCc1ccccc1. The first-order valence-electron chi connectivity index (χ1n) is 8.37. The number of carbonyl (C=O) groups excluding carboxylic acids is 3. The van der Waals surface area contributed by atoms with Crippen LogP contribution in [0.1, 0.15) is 39.2 Å². The quantitative estimate of drug-likeness (QED) is 0.546. The molecule has 26 heavy (non-hydrogen) atoms. The molecule has 0 aliphatic heterocycles. The van der Waals surface area contributed by atoms with Crippen LogP contribution in [0.5, 0.6) is 0 Å². The summed E-state index contributed by atoms with van der Waals surface area (Å²) in [4.78, 5) is 37.2. The zero-order valence-corrected chi connectivity index (χ0v) is 16.0. The standard InChI is InChI=1S/C19H27NO6/c1-19(2,3)26-16(21)12-11-15(17(22)24-5)20(4)18(23)25-13-14-9-7-6-8-10-14/h6-10,15H,11-13H2,1-5H3. The second-order valence-electron chi connectivity index (χ2n) is 6.82. The molecule has 0 aromatic heterocycles. The third-order valence-corrected chi connectivity index (χ3v) is 3.48. The lowest BCUT2D eigenvalue weighted by molar-refractivity contribution is -0.155. The Labute approximate surface area is 154 Å². The van der Waals surface area contributed by atoms with Crippen molar-refractivity contribution in [3.8, 4) is 0 Å². The molecular formula is C19H27NO6. The smallest absolute Gasteiger partial charge is 0.410 e. The zero-order chi connectivity index (χ0) is 19.7. The maximum Gasteiger partial charge on any atom is 0.410 e. The van der Waals surface area contributed by atoms with Gasteiger partial charge in [-0.15, -0.1) is 0 Å². The maximum atomic E-state index is 12.2. The Hall–Kier alpha value is -2.57. The molecule has 0 radical (unpaired) electrons. The Balaban J connectivity index is 2.64. The van der Waals surface area contributed by atoms with Gasteiger partial charge in [-0.3, -0.25) is 9.69 Å². The number of ether oxygens (including phenoxy) is 3. The number of nitrogens with zero attached hydrogens (tertiary/aromatic N) is 1. The molecule has 144 valence electrons. The van der Waals surface area contributed by atoms with Crippen LogP contribution in [0, 0.1) is 0 Å². The van der Waals surface area contributed by atoms with Crippen molar-refractivity contribution in [2.45, 2.75) is 51.9 Å². The highest BCUT2D eigenvalue weighted by Gasteiger charge is 2.30. The van der Waals surface area contributed by atoms with E-state index < -0.39 is 29.7 Å². The third kappa shape index (κ3) is 7.55. The molecule has 0 saturated carbocycles. The Morgan fingerprint density at radius 3 is 2.27 bits per heavy atom. The van der Waals surface area contributed by atoms with Gasteiger partial charge in [0.25, 0.3) is 0 Å². The Bertz CT molecular complexity index is 608. The summed E-state index contributed by atoms with van der Waals surface area (Å²) in [6.45, 7) is 5.37. The minimum Gasteiger partial charge on any atom is -0.467 e. The van der Waals surface area contributed by atoms with Crippen LogP contribution in [0.15, 0.2) is 30.3 Å². The predicted octanol–water partition coefficient (Wildman–Crippen LogP) is 2.92. The summed E-state index contributed by atoms with van der Waals surface area (Å²) in [5, 5.41) is 0. The number of rotatable bonds is 7. The fraction of sp³-hybridized carbons (Fsp3) is 0.526. The number of likely N-dealkylation sites (N-methyl/N-ethyl adjacent to an activating group) is 1. The summed E-state index contributed by atoms with van der Waals surface area (Å²) in [5.74, 6) is -1.06. The van der Waals surface area contributed by atoms with Gasteiger partial charge in [-0.2, -0.15) is 0 Å². The van der Waals surface area contributed by atoms with Gasteiger partial charge in [-0.25, -0.2) is 9.59 Å². The van der Waals surface area contributed by atoms with Gasteiger partial charge in [0.1, 0.15) is 18.2 Å². The van der Waals surface area contributed by atoms with E-state index >= 15 is 0 Å². The fourth-order valence-corrected chi connectivity index (χ4v) is 2.20. The molecule has 0 N–H and O–H groups in total. The summed E-state index contributed by atoms with van der Waals surface area (Å²) in [6, 6.07) is 8.26. The van der Waals surface area contributed by atoms with Gasteiger partial charge in [0.2, 0.25) is 0 Å². The average Bonchev–Trinajstić information content (AvgIpc) is 2.58.